The predicted molar refractivity (Wildman–Crippen MR) is 82.2 cm³/mol. The minimum atomic E-state index is -0.488. The van der Waals surface area contributed by atoms with Crippen LogP contribution in [0.5, 0.6) is 5.75 Å². The summed E-state index contributed by atoms with van der Waals surface area (Å²) in [6.07, 6.45) is 1.65. The van der Waals surface area contributed by atoms with Crippen molar-refractivity contribution in [1.82, 2.24) is 4.98 Å². The van der Waals surface area contributed by atoms with Gasteiger partial charge >= 0.3 is 0 Å². The second-order valence-electron chi connectivity index (χ2n) is 4.62. The molecule has 4 nitrogen and oxygen atoms in total. The minimum Gasteiger partial charge on any atom is -0.496 e. The van der Waals surface area contributed by atoms with Gasteiger partial charge in [0.25, 0.3) is 5.91 Å². The molecule has 3 aromatic rings. The molecule has 0 atom stereocenters. The van der Waals surface area contributed by atoms with Crippen LogP contribution in [-0.4, -0.2) is 18.0 Å². The van der Waals surface area contributed by atoms with Crippen molar-refractivity contribution in [2.45, 2.75) is 0 Å². The SMILES string of the molecule is COc1ccc(-c2ncccc2C(N)=O)c2ccccc12. The number of primary amides is 1. The van der Waals surface area contributed by atoms with E-state index in [0.29, 0.717) is 11.3 Å². The van der Waals surface area contributed by atoms with Gasteiger partial charge in [-0.05, 0) is 29.7 Å². The molecule has 0 fully saturated rings. The fourth-order valence-electron chi connectivity index (χ4n) is 2.47. The lowest BCUT2D eigenvalue weighted by molar-refractivity contribution is 0.100. The molecule has 1 aromatic heterocycles. The molecular weight excluding hydrogens is 264 g/mol. The zero-order valence-corrected chi connectivity index (χ0v) is 11.5. The number of hydrogen-bond donors (Lipinski definition) is 1. The van der Waals surface area contributed by atoms with E-state index in [4.69, 9.17) is 10.5 Å². The molecular formula is C17H14N2O2. The average molecular weight is 278 g/mol. The summed E-state index contributed by atoms with van der Waals surface area (Å²) in [5.74, 6) is 0.295. The molecule has 2 aromatic carbocycles. The van der Waals surface area contributed by atoms with Crippen molar-refractivity contribution in [3.8, 4) is 17.0 Å². The van der Waals surface area contributed by atoms with E-state index in [1.54, 1.807) is 25.4 Å². The summed E-state index contributed by atoms with van der Waals surface area (Å²) in [5, 5.41) is 1.94. The summed E-state index contributed by atoms with van der Waals surface area (Å²) in [6.45, 7) is 0. The van der Waals surface area contributed by atoms with Gasteiger partial charge in [-0.3, -0.25) is 9.78 Å². The number of benzene rings is 2. The van der Waals surface area contributed by atoms with Gasteiger partial charge in [0.15, 0.2) is 0 Å². The van der Waals surface area contributed by atoms with Crippen LogP contribution in [-0.2, 0) is 0 Å². The number of pyridine rings is 1. The second-order valence-corrected chi connectivity index (χ2v) is 4.62. The zero-order chi connectivity index (χ0) is 14.8. The van der Waals surface area contributed by atoms with E-state index >= 15 is 0 Å². The summed E-state index contributed by atoms with van der Waals surface area (Å²) in [5.41, 5.74) is 7.31. The Hall–Kier alpha value is -2.88. The van der Waals surface area contributed by atoms with Crippen LogP contribution in [0.2, 0.25) is 0 Å². The molecule has 4 heteroatoms. The maximum absolute atomic E-state index is 11.6. The van der Waals surface area contributed by atoms with Crippen LogP contribution < -0.4 is 10.5 Å². The van der Waals surface area contributed by atoms with Crippen LogP contribution in [0.4, 0.5) is 0 Å². The van der Waals surface area contributed by atoms with Gasteiger partial charge in [-0.1, -0.05) is 24.3 Å². The summed E-state index contributed by atoms with van der Waals surface area (Å²) >= 11 is 0. The Morgan fingerprint density at radius 2 is 1.81 bits per heavy atom. The van der Waals surface area contributed by atoms with E-state index in [9.17, 15) is 4.79 Å². The fourth-order valence-corrected chi connectivity index (χ4v) is 2.47. The van der Waals surface area contributed by atoms with Crippen molar-refractivity contribution in [1.29, 1.82) is 0 Å². The predicted octanol–water partition coefficient (Wildman–Crippen LogP) is 3.01. The highest BCUT2D eigenvalue weighted by atomic mass is 16.5. The van der Waals surface area contributed by atoms with Gasteiger partial charge < -0.3 is 10.5 Å². The maximum Gasteiger partial charge on any atom is 0.250 e. The fraction of sp³-hybridized carbons (Fsp3) is 0.0588. The zero-order valence-electron chi connectivity index (χ0n) is 11.5. The number of hydrogen-bond acceptors (Lipinski definition) is 3. The number of methoxy groups -OCH3 is 1. The van der Waals surface area contributed by atoms with Crippen molar-refractivity contribution >= 4 is 16.7 Å². The number of rotatable bonds is 3. The molecule has 0 unspecified atom stereocenters. The molecule has 21 heavy (non-hydrogen) atoms. The molecule has 0 saturated carbocycles. The van der Waals surface area contributed by atoms with E-state index in [0.717, 1.165) is 22.1 Å². The smallest absolute Gasteiger partial charge is 0.250 e. The first-order valence-electron chi connectivity index (χ1n) is 6.53. The van der Waals surface area contributed by atoms with Crippen LogP contribution in [0.15, 0.2) is 54.7 Å². The molecule has 0 saturated heterocycles. The van der Waals surface area contributed by atoms with E-state index in [-0.39, 0.29) is 0 Å². The number of carbonyl (C=O) groups excluding carboxylic acids is 1. The third-order valence-corrected chi connectivity index (χ3v) is 3.43. The topological polar surface area (TPSA) is 65.2 Å². The standard InChI is InChI=1S/C17H14N2O2/c1-21-15-9-8-13(11-5-2-3-6-12(11)15)16-14(17(18)20)7-4-10-19-16/h2-10H,1H3,(H2,18,20). The van der Waals surface area contributed by atoms with Crippen LogP contribution in [0.3, 0.4) is 0 Å². The van der Waals surface area contributed by atoms with Gasteiger partial charge in [-0.2, -0.15) is 0 Å². The summed E-state index contributed by atoms with van der Waals surface area (Å²) in [4.78, 5) is 15.9. The molecule has 104 valence electrons. The number of fused-ring (bicyclic) bond motifs is 1. The Morgan fingerprint density at radius 3 is 2.52 bits per heavy atom. The maximum atomic E-state index is 11.6. The molecule has 2 N–H and O–H groups in total. The highest BCUT2D eigenvalue weighted by molar-refractivity contribution is 6.05. The lowest BCUT2D eigenvalue weighted by Gasteiger charge is -2.11. The third-order valence-electron chi connectivity index (χ3n) is 3.43. The number of aromatic nitrogens is 1. The average Bonchev–Trinajstić information content (AvgIpc) is 2.53. The van der Waals surface area contributed by atoms with Crippen molar-refractivity contribution in [2.24, 2.45) is 5.73 Å². The summed E-state index contributed by atoms with van der Waals surface area (Å²) < 4.78 is 5.38. The molecule has 0 spiro atoms. The van der Waals surface area contributed by atoms with Crippen molar-refractivity contribution in [2.75, 3.05) is 7.11 Å². The quantitative estimate of drug-likeness (QED) is 0.801. The van der Waals surface area contributed by atoms with Gasteiger partial charge in [-0.15, -0.1) is 0 Å². The van der Waals surface area contributed by atoms with Crippen LogP contribution in [0, 0.1) is 0 Å². The second kappa shape index (κ2) is 5.25. The molecule has 1 amide bonds. The number of nitrogens with two attached hydrogens (primary N) is 1. The normalized spacial score (nSPS) is 10.5. The van der Waals surface area contributed by atoms with E-state index in [1.807, 2.05) is 36.4 Å². The Kier molecular flexibility index (Phi) is 3.28. The Bertz CT molecular complexity index is 828. The van der Waals surface area contributed by atoms with Gasteiger partial charge in [0.1, 0.15) is 5.75 Å². The van der Waals surface area contributed by atoms with E-state index in [1.165, 1.54) is 0 Å². The molecule has 0 aliphatic carbocycles. The summed E-state index contributed by atoms with van der Waals surface area (Å²) in [6, 6.07) is 15.0. The van der Waals surface area contributed by atoms with Crippen LogP contribution in [0.25, 0.3) is 22.0 Å². The van der Waals surface area contributed by atoms with Gasteiger partial charge in [0.2, 0.25) is 0 Å². The van der Waals surface area contributed by atoms with Gasteiger partial charge in [0, 0.05) is 17.1 Å². The Labute approximate surface area is 122 Å². The van der Waals surface area contributed by atoms with Crippen LogP contribution in [0.1, 0.15) is 10.4 Å². The molecule has 0 aliphatic heterocycles. The molecule has 1 heterocycles. The first-order chi connectivity index (χ1) is 10.2. The van der Waals surface area contributed by atoms with Crippen LogP contribution >= 0.6 is 0 Å². The number of amides is 1. The number of nitrogens with zero attached hydrogens (tertiary/aromatic N) is 1. The number of carbonyl (C=O) groups is 1. The van der Waals surface area contributed by atoms with E-state index in [2.05, 4.69) is 4.98 Å². The van der Waals surface area contributed by atoms with Crippen molar-refractivity contribution < 1.29 is 9.53 Å². The largest absolute Gasteiger partial charge is 0.496 e. The summed E-state index contributed by atoms with van der Waals surface area (Å²) in [7, 11) is 1.64. The Balaban J connectivity index is 2.35. The monoisotopic (exact) mass is 278 g/mol. The lowest BCUT2D eigenvalue weighted by atomic mass is 9.98. The lowest BCUT2D eigenvalue weighted by Crippen LogP contribution is -2.13. The molecule has 0 radical (unpaired) electrons. The van der Waals surface area contributed by atoms with Crippen molar-refractivity contribution in [3.05, 3.63) is 60.3 Å². The highest BCUT2D eigenvalue weighted by Crippen LogP contribution is 2.34. The molecule has 0 aliphatic rings. The third kappa shape index (κ3) is 2.21. The van der Waals surface area contributed by atoms with Gasteiger partial charge in [-0.25, -0.2) is 0 Å². The first-order valence-corrected chi connectivity index (χ1v) is 6.53. The molecule has 3 rings (SSSR count). The number of ether oxygens (including phenoxy) is 1. The minimum absolute atomic E-state index is 0.410. The molecule has 0 bridgehead atoms. The van der Waals surface area contributed by atoms with Crippen molar-refractivity contribution in [3.63, 3.8) is 0 Å². The first kappa shape index (κ1) is 13.1. The van der Waals surface area contributed by atoms with E-state index < -0.39 is 5.91 Å². The van der Waals surface area contributed by atoms with Gasteiger partial charge in [0.05, 0.1) is 18.4 Å². The highest BCUT2D eigenvalue weighted by Gasteiger charge is 2.14. The Morgan fingerprint density at radius 1 is 1.05 bits per heavy atom.